The molecule has 1 aliphatic heterocycles. The molecule has 1 aliphatic carbocycles. The Morgan fingerprint density at radius 2 is 1.66 bits per heavy atom. The molecule has 29 heavy (non-hydrogen) atoms. The molecule has 0 radical (unpaired) electrons. The first-order valence-corrected chi connectivity index (χ1v) is 11.6. The van der Waals surface area contributed by atoms with Crippen LogP contribution < -0.4 is 5.32 Å². The van der Waals surface area contributed by atoms with E-state index in [0.29, 0.717) is 37.6 Å². The summed E-state index contributed by atoms with van der Waals surface area (Å²) in [5.74, 6) is 0.00562. The topological polar surface area (TPSA) is 69.7 Å². The molecule has 1 saturated heterocycles. The molecular formula is C22H27N3O3S. The van der Waals surface area contributed by atoms with Crippen molar-refractivity contribution in [3.05, 3.63) is 65.7 Å². The minimum atomic E-state index is -3.46. The van der Waals surface area contributed by atoms with Crippen molar-refractivity contribution in [2.45, 2.75) is 30.2 Å². The average Bonchev–Trinajstić information content (AvgIpc) is 2.75. The molecule has 154 valence electrons. The van der Waals surface area contributed by atoms with E-state index >= 15 is 0 Å². The number of sulfonamides is 1. The smallest absolute Gasteiger partial charge is 0.243 e. The fraction of sp³-hybridized carbons (Fsp3) is 0.409. The van der Waals surface area contributed by atoms with Crippen LogP contribution in [0.1, 0.15) is 30.0 Å². The highest BCUT2D eigenvalue weighted by Gasteiger charge is 2.29. The summed E-state index contributed by atoms with van der Waals surface area (Å²) in [6.07, 6.45) is 3.12. The molecule has 0 spiro atoms. The van der Waals surface area contributed by atoms with Gasteiger partial charge in [-0.15, -0.1) is 0 Å². The molecular weight excluding hydrogens is 386 g/mol. The summed E-state index contributed by atoms with van der Waals surface area (Å²) < 4.78 is 27.0. The maximum absolute atomic E-state index is 12.7. The molecule has 7 heteroatoms. The summed E-state index contributed by atoms with van der Waals surface area (Å²) >= 11 is 0. The van der Waals surface area contributed by atoms with Gasteiger partial charge in [0.05, 0.1) is 17.5 Å². The highest BCUT2D eigenvalue weighted by molar-refractivity contribution is 7.89. The molecule has 1 heterocycles. The Balaban J connectivity index is 1.31. The molecule has 0 saturated carbocycles. The van der Waals surface area contributed by atoms with Crippen molar-refractivity contribution in [1.82, 2.24) is 14.5 Å². The van der Waals surface area contributed by atoms with Gasteiger partial charge < -0.3 is 5.32 Å². The van der Waals surface area contributed by atoms with Crippen LogP contribution in [0.4, 0.5) is 0 Å². The summed E-state index contributed by atoms with van der Waals surface area (Å²) in [6.45, 7) is 2.22. The second-order valence-electron chi connectivity index (χ2n) is 7.70. The Bertz CT molecular complexity index is 954. The van der Waals surface area contributed by atoms with Crippen LogP contribution in [0.25, 0.3) is 0 Å². The molecule has 0 bridgehead atoms. The second-order valence-corrected chi connectivity index (χ2v) is 9.64. The molecule has 1 amide bonds. The van der Waals surface area contributed by atoms with E-state index in [2.05, 4.69) is 17.4 Å². The highest BCUT2D eigenvalue weighted by Crippen LogP contribution is 2.29. The van der Waals surface area contributed by atoms with Crippen molar-refractivity contribution in [3.8, 4) is 0 Å². The van der Waals surface area contributed by atoms with Gasteiger partial charge in [-0.2, -0.15) is 4.31 Å². The van der Waals surface area contributed by atoms with E-state index in [1.807, 2.05) is 17.0 Å². The molecule has 0 unspecified atom stereocenters. The van der Waals surface area contributed by atoms with Gasteiger partial charge in [0.15, 0.2) is 0 Å². The van der Waals surface area contributed by atoms with Crippen LogP contribution in [0.2, 0.25) is 0 Å². The number of benzene rings is 2. The lowest BCUT2D eigenvalue weighted by Crippen LogP contribution is -2.51. The number of rotatable bonds is 5. The Labute approximate surface area is 172 Å². The van der Waals surface area contributed by atoms with Crippen LogP contribution in [-0.2, 0) is 21.2 Å². The lowest BCUT2D eigenvalue weighted by molar-refractivity contribution is -0.123. The normalized spacial score (nSPS) is 20.8. The molecule has 1 fully saturated rings. The first-order valence-electron chi connectivity index (χ1n) is 10.2. The Morgan fingerprint density at radius 3 is 2.41 bits per heavy atom. The van der Waals surface area contributed by atoms with Gasteiger partial charge >= 0.3 is 0 Å². The van der Waals surface area contributed by atoms with Gasteiger partial charge in [-0.3, -0.25) is 9.69 Å². The van der Waals surface area contributed by atoms with Gasteiger partial charge in [0.2, 0.25) is 15.9 Å². The SMILES string of the molecule is O=C(CN1CCN(S(=O)(=O)c2ccccc2)CC1)N[C@H]1CCCc2ccccc21. The van der Waals surface area contributed by atoms with E-state index in [9.17, 15) is 13.2 Å². The van der Waals surface area contributed by atoms with E-state index in [1.54, 1.807) is 30.3 Å². The molecule has 2 aliphatic rings. The summed E-state index contributed by atoms with van der Waals surface area (Å²) in [4.78, 5) is 15.0. The number of amides is 1. The van der Waals surface area contributed by atoms with E-state index in [4.69, 9.17) is 0 Å². The highest BCUT2D eigenvalue weighted by atomic mass is 32.2. The maximum Gasteiger partial charge on any atom is 0.243 e. The molecule has 2 aromatic carbocycles. The van der Waals surface area contributed by atoms with Crippen LogP contribution in [0.3, 0.4) is 0 Å². The summed E-state index contributed by atoms with van der Waals surface area (Å²) in [6, 6.07) is 16.9. The van der Waals surface area contributed by atoms with Gasteiger partial charge in [0.1, 0.15) is 0 Å². The zero-order valence-electron chi connectivity index (χ0n) is 16.5. The quantitative estimate of drug-likeness (QED) is 0.816. The maximum atomic E-state index is 12.7. The number of hydrogen-bond donors (Lipinski definition) is 1. The monoisotopic (exact) mass is 413 g/mol. The van der Waals surface area contributed by atoms with Crippen molar-refractivity contribution in [2.24, 2.45) is 0 Å². The number of hydrogen-bond acceptors (Lipinski definition) is 4. The minimum absolute atomic E-state index is 0.00562. The van der Waals surface area contributed by atoms with E-state index in [-0.39, 0.29) is 11.9 Å². The van der Waals surface area contributed by atoms with Gasteiger partial charge in [-0.25, -0.2) is 8.42 Å². The third-order valence-electron chi connectivity index (χ3n) is 5.78. The second kappa shape index (κ2) is 8.65. The number of nitrogens with one attached hydrogen (secondary N) is 1. The fourth-order valence-corrected chi connectivity index (χ4v) is 5.66. The average molecular weight is 414 g/mol. The number of aryl methyl sites for hydroxylation is 1. The van der Waals surface area contributed by atoms with Gasteiger partial charge in [0, 0.05) is 26.2 Å². The third kappa shape index (κ3) is 4.52. The standard InChI is InChI=1S/C22H27N3O3S/c26-22(23-21-12-6-8-18-7-4-5-11-20(18)21)17-24-13-15-25(16-14-24)29(27,28)19-9-2-1-3-10-19/h1-5,7,9-11,21H,6,8,12-17H2,(H,23,26)/t21-/m0/s1. The lowest BCUT2D eigenvalue weighted by atomic mass is 9.88. The third-order valence-corrected chi connectivity index (χ3v) is 7.70. The Morgan fingerprint density at radius 1 is 0.966 bits per heavy atom. The van der Waals surface area contributed by atoms with E-state index < -0.39 is 10.0 Å². The van der Waals surface area contributed by atoms with E-state index in [1.165, 1.54) is 15.4 Å². The van der Waals surface area contributed by atoms with Crippen LogP contribution in [0, 0.1) is 0 Å². The van der Waals surface area contributed by atoms with Crippen molar-refractivity contribution >= 4 is 15.9 Å². The van der Waals surface area contributed by atoms with Crippen molar-refractivity contribution in [1.29, 1.82) is 0 Å². The predicted molar refractivity (Wildman–Crippen MR) is 112 cm³/mol. The number of carbonyl (C=O) groups is 1. The number of carbonyl (C=O) groups excluding carboxylic acids is 1. The molecule has 4 rings (SSSR count). The largest absolute Gasteiger partial charge is 0.348 e. The van der Waals surface area contributed by atoms with Crippen molar-refractivity contribution in [3.63, 3.8) is 0 Å². The number of piperazine rings is 1. The zero-order valence-corrected chi connectivity index (χ0v) is 17.3. The zero-order chi connectivity index (χ0) is 20.3. The Kier molecular flexibility index (Phi) is 5.99. The van der Waals surface area contributed by atoms with Gasteiger partial charge in [-0.05, 0) is 42.5 Å². The van der Waals surface area contributed by atoms with Crippen molar-refractivity contribution in [2.75, 3.05) is 32.7 Å². The first-order chi connectivity index (χ1) is 14.0. The minimum Gasteiger partial charge on any atom is -0.348 e. The number of nitrogens with zero attached hydrogens (tertiary/aromatic N) is 2. The number of fused-ring (bicyclic) bond motifs is 1. The summed E-state index contributed by atoms with van der Waals surface area (Å²) in [7, 11) is -3.46. The Hall–Kier alpha value is -2.22. The van der Waals surface area contributed by atoms with Crippen LogP contribution in [0.15, 0.2) is 59.5 Å². The van der Waals surface area contributed by atoms with Crippen LogP contribution in [-0.4, -0.2) is 56.3 Å². The van der Waals surface area contributed by atoms with Crippen LogP contribution in [0.5, 0.6) is 0 Å². The molecule has 2 aromatic rings. The lowest BCUT2D eigenvalue weighted by Gasteiger charge is -2.34. The summed E-state index contributed by atoms with van der Waals surface area (Å²) in [5, 5.41) is 3.18. The van der Waals surface area contributed by atoms with Crippen LogP contribution >= 0.6 is 0 Å². The van der Waals surface area contributed by atoms with Crippen molar-refractivity contribution < 1.29 is 13.2 Å². The van der Waals surface area contributed by atoms with Gasteiger partial charge in [-0.1, -0.05) is 42.5 Å². The molecule has 1 atom stereocenters. The molecule has 1 N–H and O–H groups in total. The molecule has 6 nitrogen and oxygen atoms in total. The predicted octanol–water partition coefficient (Wildman–Crippen LogP) is 2.19. The molecule has 0 aromatic heterocycles. The fourth-order valence-electron chi connectivity index (χ4n) is 4.22. The van der Waals surface area contributed by atoms with Gasteiger partial charge in [0.25, 0.3) is 0 Å². The van der Waals surface area contributed by atoms with E-state index in [0.717, 1.165) is 19.3 Å². The first kappa shape index (κ1) is 20.1. The summed E-state index contributed by atoms with van der Waals surface area (Å²) in [5.41, 5.74) is 2.55.